The second kappa shape index (κ2) is 15.0. The van der Waals surface area contributed by atoms with Crippen LogP contribution in [0.5, 0.6) is 0 Å². The van der Waals surface area contributed by atoms with Gasteiger partial charge in [-0.2, -0.15) is 0 Å². The zero-order valence-corrected chi connectivity index (χ0v) is 28.5. The summed E-state index contributed by atoms with van der Waals surface area (Å²) in [5, 5.41) is 5.73. The number of rotatable bonds is 12. The number of hydrogen-bond acceptors (Lipinski definition) is 5. The fourth-order valence-corrected chi connectivity index (χ4v) is 6.13. The van der Waals surface area contributed by atoms with Gasteiger partial charge in [0.15, 0.2) is 5.82 Å². The van der Waals surface area contributed by atoms with Crippen LogP contribution in [-0.2, 0) is 26.3 Å². The monoisotopic (exact) mass is 648 g/mol. The number of nitrogens with zero attached hydrogens (tertiary/aromatic N) is 3. The molecule has 4 aromatic rings. The molecule has 252 valence electrons. The molecule has 1 aliphatic rings. The maximum atomic E-state index is 14.4. The Bertz CT molecular complexity index is 1670. The second-order valence-electron chi connectivity index (χ2n) is 13.8. The second-order valence-corrected chi connectivity index (χ2v) is 13.8. The lowest BCUT2D eigenvalue weighted by molar-refractivity contribution is -0.139. The molecule has 0 spiro atoms. The standard InChI is InChI=1S/C39H48N6O3/c1-28-22-24-44(25-23-28)37(48)39(4,32-20-18-31(19-21-32)30-15-9-6-10-16-30)45-26-34(41-27-45)43-35(46)33(42-36(47)38(2,3)40)17-11-14-29-12-7-5-8-13-29/h5-10,12-13,15-16,18-21,26-28,33H,11,14,17,22-25,40H2,1-4H3,(H,42,47)(H,43,46)/t33-,39?/m1/s1. The summed E-state index contributed by atoms with van der Waals surface area (Å²) in [7, 11) is 0. The summed E-state index contributed by atoms with van der Waals surface area (Å²) in [4.78, 5) is 47.3. The van der Waals surface area contributed by atoms with E-state index in [0.29, 0.717) is 37.7 Å². The lowest BCUT2D eigenvalue weighted by Gasteiger charge is -2.39. The van der Waals surface area contributed by atoms with Gasteiger partial charge >= 0.3 is 0 Å². The van der Waals surface area contributed by atoms with Gasteiger partial charge in [-0.3, -0.25) is 14.4 Å². The topological polar surface area (TPSA) is 122 Å². The van der Waals surface area contributed by atoms with E-state index in [1.807, 2.05) is 84.6 Å². The van der Waals surface area contributed by atoms with Crippen molar-refractivity contribution >= 4 is 23.5 Å². The number of benzene rings is 3. The van der Waals surface area contributed by atoms with Gasteiger partial charge in [0.2, 0.25) is 11.8 Å². The number of nitrogens with one attached hydrogen (secondary N) is 2. The van der Waals surface area contributed by atoms with Crippen molar-refractivity contribution in [2.75, 3.05) is 18.4 Å². The zero-order valence-electron chi connectivity index (χ0n) is 28.5. The van der Waals surface area contributed by atoms with Crippen LogP contribution in [0.1, 0.15) is 64.5 Å². The van der Waals surface area contributed by atoms with Gasteiger partial charge in [-0.15, -0.1) is 0 Å². The quantitative estimate of drug-likeness (QED) is 0.181. The number of carbonyl (C=O) groups is 3. The molecular weight excluding hydrogens is 600 g/mol. The van der Waals surface area contributed by atoms with Crippen molar-refractivity contribution in [2.24, 2.45) is 11.7 Å². The van der Waals surface area contributed by atoms with E-state index in [1.165, 1.54) is 0 Å². The molecule has 3 amide bonds. The van der Waals surface area contributed by atoms with Crippen LogP contribution < -0.4 is 16.4 Å². The van der Waals surface area contributed by atoms with Crippen molar-refractivity contribution < 1.29 is 14.4 Å². The Labute approximate surface area is 283 Å². The minimum Gasteiger partial charge on any atom is -0.343 e. The normalized spacial score (nSPS) is 15.7. The van der Waals surface area contributed by atoms with E-state index in [9.17, 15) is 14.4 Å². The van der Waals surface area contributed by atoms with Crippen molar-refractivity contribution in [1.82, 2.24) is 19.8 Å². The smallest absolute Gasteiger partial charge is 0.253 e. The first-order chi connectivity index (χ1) is 22.9. The number of nitrogens with two attached hydrogens (primary N) is 1. The number of amides is 3. The molecule has 2 atom stereocenters. The average Bonchev–Trinajstić information content (AvgIpc) is 3.57. The summed E-state index contributed by atoms with van der Waals surface area (Å²) in [5.74, 6) is 0.0402. The number of carbonyl (C=O) groups excluding carboxylic acids is 3. The number of aromatic nitrogens is 2. The fourth-order valence-electron chi connectivity index (χ4n) is 6.13. The Morgan fingerprint density at radius 2 is 1.50 bits per heavy atom. The molecule has 9 nitrogen and oxygen atoms in total. The Kier molecular flexibility index (Phi) is 10.8. The van der Waals surface area contributed by atoms with E-state index in [-0.39, 0.29) is 5.91 Å². The van der Waals surface area contributed by atoms with Gasteiger partial charge in [-0.1, -0.05) is 91.9 Å². The first-order valence-corrected chi connectivity index (χ1v) is 16.9. The first kappa shape index (κ1) is 34.6. The summed E-state index contributed by atoms with van der Waals surface area (Å²) in [5.41, 5.74) is 7.92. The number of likely N-dealkylation sites (tertiary alicyclic amines) is 1. The summed E-state index contributed by atoms with van der Waals surface area (Å²) in [6.07, 6.45) is 7.07. The highest BCUT2D eigenvalue weighted by Crippen LogP contribution is 2.33. The van der Waals surface area contributed by atoms with Gasteiger partial charge in [0.25, 0.3) is 5.91 Å². The molecule has 4 N–H and O–H groups in total. The van der Waals surface area contributed by atoms with Gasteiger partial charge in [-0.05, 0) is 81.0 Å². The van der Waals surface area contributed by atoms with Crippen LogP contribution in [0.15, 0.2) is 97.5 Å². The highest BCUT2D eigenvalue weighted by atomic mass is 16.2. The van der Waals surface area contributed by atoms with Gasteiger partial charge in [0.1, 0.15) is 11.6 Å². The maximum absolute atomic E-state index is 14.4. The van der Waals surface area contributed by atoms with E-state index in [4.69, 9.17) is 5.73 Å². The van der Waals surface area contributed by atoms with Crippen molar-refractivity contribution in [2.45, 2.75) is 76.9 Å². The molecule has 0 bridgehead atoms. The van der Waals surface area contributed by atoms with E-state index in [1.54, 1.807) is 30.9 Å². The predicted molar refractivity (Wildman–Crippen MR) is 190 cm³/mol. The molecular formula is C39H48N6O3. The predicted octanol–water partition coefficient (Wildman–Crippen LogP) is 5.76. The molecule has 0 aliphatic carbocycles. The maximum Gasteiger partial charge on any atom is 0.253 e. The minimum absolute atomic E-state index is 0.0200. The van der Waals surface area contributed by atoms with Crippen molar-refractivity contribution in [3.05, 3.63) is 109 Å². The molecule has 5 rings (SSSR count). The Hall–Kier alpha value is -4.76. The van der Waals surface area contributed by atoms with E-state index >= 15 is 0 Å². The lowest BCUT2D eigenvalue weighted by Crippen LogP contribution is -2.54. The summed E-state index contributed by atoms with van der Waals surface area (Å²) >= 11 is 0. The number of imidazole rings is 1. The molecule has 0 saturated carbocycles. The molecule has 2 heterocycles. The van der Waals surface area contributed by atoms with Crippen molar-refractivity contribution in [3.8, 4) is 11.1 Å². The van der Waals surface area contributed by atoms with Crippen LogP contribution in [0, 0.1) is 5.92 Å². The molecule has 9 heteroatoms. The highest BCUT2D eigenvalue weighted by Gasteiger charge is 2.41. The number of piperidine rings is 1. The summed E-state index contributed by atoms with van der Waals surface area (Å²) in [6.45, 7) is 8.73. The van der Waals surface area contributed by atoms with Gasteiger partial charge < -0.3 is 25.8 Å². The first-order valence-electron chi connectivity index (χ1n) is 16.9. The molecule has 1 unspecified atom stereocenters. The van der Waals surface area contributed by atoms with Crippen LogP contribution in [-0.4, -0.2) is 56.8 Å². The number of aryl methyl sites for hydroxylation is 1. The van der Waals surface area contributed by atoms with E-state index in [0.717, 1.165) is 41.5 Å². The fraction of sp³-hybridized carbons (Fsp3) is 0.385. The zero-order chi connectivity index (χ0) is 34.3. The summed E-state index contributed by atoms with van der Waals surface area (Å²) < 4.78 is 1.78. The molecule has 0 radical (unpaired) electrons. The van der Waals surface area contributed by atoms with Crippen LogP contribution in [0.2, 0.25) is 0 Å². The Morgan fingerprint density at radius 3 is 2.12 bits per heavy atom. The molecule has 1 fully saturated rings. The molecule has 1 aliphatic heterocycles. The number of anilines is 1. The van der Waals surface area contributed by atoms with Crippen molar-refractivity contribution in [1.29, 1.82) is 0 Å². The van der Waals surface area contributed by atoms with Crippen LogP contribution >= 0.6 is 0 Å². The minimum atomic E-state index is -1.15. The SMILES string of the molecule is CC1CCN(C(=O)C(C)(c2ccc(-c3ccccc3)cc2)n2cnc(NC(=O)[C@@H](CCCc3ccccc3)NC(=O)C(C)(C)N)c2)CC1. The van der Waals surface area contributed by atoms with Crippen molar-refractivity contribution in [3.63, 3.8) is 0 Å². The average molecular weight is 649 g/mol. The Morgan fingerprint density at radius 1 is 0.896 bits per heavy atom. The van der Waals surface area contributed by atoms with E-state index < -0.39 is 28.9 Å². The third-order valence-corrected chi connectivity index (χ3v) is 9.40. The third-order valence-electron chi connectivity index (χ3n) is 9.40. The van der Waals surface area contributed by atoms with Crippen LogP contribution in [0.3, 0.4) is 0 Å². The van der Waals surface area contributed by atoms with Gasteiger partial charge in [0, 0.05) is 19.3 Å². The Balaban J connectivity index is 1.39. The summed E-state index contributed by atoms with van der Waals surface area (Å²) in [6, 6.07) is 27.4. The third kappa shape index (κ3) is 8.20. The van der Waals surface area contributed by atoms with Gasteiger partial charge in [0.05, 0.1) is 11.9 Å². The molecule has 1 saturated heterocycles. The van der Waals surface area contributed by atoms with Crippen LogP contribution in [0.25, 0.3) is 11.1 Å². The molecule has 1 aromatic heterocycles. The lowest BCUT2D eigenvalue weighted by atomic mass is 9.87. The highest BCUT2D eigenvalue weighted by molar-refractivity contribution is 5.98. The van der Waals surface area contributed by atoms with E-state index in [2.05, 4.69) is 34.7 Å². The number of hydrogen-bond donors (Lipinski definition) is 3. The molecule has 3 aromatic carbocycles. The van der Waals surface area contributed by atoms with Gasteiger partial charge in [-0.25, -0.2) is 4.98 Å². The largest absolute Gasteiger partial charge is 0.343 e. The van der Waals surface area contributed by atoms with Crippen LogP contribution in [0.4, 0.5) is 5.82 Å². The molecule has 48 heavy (non-hydrogen) atoms.